The standard InChI is InChI=1S/C17H19NO3S2.Na/c1-2-13-7-5-10-16-17(13)18(11-6-12-23(19,20)21)14-8-3-4-9-15(14)22-16;/h3-5,7-10H,2,6,11-12H2,1H3,(H,19,20,21);/q;+1/p-1. The molecule has 0 spiro atoms. The average molecular weight is 371 g/mol. The fourth-order valence-corrected chi connectivity index (χ4v) is 4.51. The molecule has 0 atom stereocenters. The van der Waals surface area contributed by atoms with Gasteiger partial charge in [-0.15, -0.1) is 0 Å². The summed E-state index contributed by atoms with van der Waals surface area (Å²) >= 11 is 1.73. The minimum Gasteiger partial charge on any atom is -0.748 e. The van der Waals surface area contributed by atoms with Gasteiger partial charge in [-0.3, -0.25) is 0 Å². The predicted molar refractivity (Wildman–Crippen MR) is 92.6 cm³/mol. The van der Waals surface area contributed by atoms with Crippen molar-refractivity contribution in [2.45, 2.75) is 29.6 Å². The monoisotopic (exact) mass is 371 g/mol. The molecule has 122 valence electrons. The topological polar surface area (TPSA) is 60.4 Å². The van der Waals surface area contributed by atoms with Gasteiger partial charge in [-0.2, -0.15) is 0 Å². The number of nitrogens with zero attached hydrogens (tertiary/aromatic N) is 1. The molecule has 0 saturated heterocycles. The van der Waals surface area contributed by atoms with E-state index in [0.29, 0.717) is 13.0 Å². The van der Waals surface area contributed by atoms with Gasteiger partial charge < -0.3 is 9.45 Å². The second kappa shape index (κ2) is 8.25. The second-order valence-electron chi connectivity index (χ2n) is 5.45. The SMILES string of the molecule is CCc1cccc2c1N(CCCS(=O)(=O)[O-])c1ccccc1S2.[Na+]. The molecule has 7 heteroatoms. The molecule has 0 saturated carbocycles. The normalized spacial score (nSPS) is 13.0. The number of aryl methyl sites for hydroxylation is 1. The van der Waals surface area contributed by atoms with E-state index in [1.165, 1.54) is 10.5 Å². The molecule has 2 aromatic carbocycles. The molecule has 0 fully saturated rings. The molecule has 0 radical (unpaired) electrons. The summed E-state index contributed by atoms with van der Waals surface area (Å²) < 4.78 is 32.7. The minimum absolute atomic E-state index is 0. The summed E-state index contributed by atoms with van der Waals surface area (Å²) in [6, 6.07) is 14.3. The first-order chi connectivity index (χ1) is 11.0. The molecule has 2 aromatic rings. The molecule has 0 aromatic heterocycles. The summed E-state index contributed by atoms with van der Waals surface area (Å²) in [5.41, 5.74) is 3.45. The van der Waals surface area contributed by atoms with Gasteiger partial charge in [0.05, 0.1) is 21.5 Å². The zero-order chi connectivity index (χ0) is 16.4. The molecule has 0 unspecified atom stereocenters. The Balaban J connectivity index is 0.00000208. The van der Waals surface area contributed by atoms with Crippen molar-refractivity contribution in [3.05, 3.63) is 48.0 Å². The quantitative estimate of drug-likeness (QED) is 0.575. The van der Waals surface area contributed by atoms with Crippen LogP contribution in [0.4, 0.5) is 11.4 Å². The van der Waals surface area contributed by atoms with Crippen molar-refractivity contribution >= 4 is 33.3 Å². The van der Waals surface area contributed by atoms with Crippen LogP contribution in [0, 0.1) is 0 Å². The van der Waals surface area contributed by atoms with Gasteiger partial charge in [-0.25, -0.2) is 8.42 Å². The first kappa shape index (κ1) is 19.8. The van der Waals surface area contributed by atoms with Gasteiger partial charge in [0.2, 0.25) is 0 Å². The van der Waals surface area contributed by atoms with Crippen LogP contribution in [0.1, 0.15) is 18.9 Å². The summed E-state index contributed by atoms with van der Waals surface area (Å²) in [4.78, 5) is 4.48. The number of benzene rings is 2. The van der Waals surface area contributed by atoms with E-state index >= 15 is 0 Å². The number of hydrogen-bond acceptors (Lipinski definition) is 5. The van der Waals surface area contributed by atoms with E-state index in [1.54, 1.807) is 11.8 Å². The van der Waals surface area contributed by atoms with Crippen molar-refractivity contribution in [3.63, 3.8) is 0 Å². The van der Waals surface area contributed by atoms with Crippen LogP contribution in [-0.2, 0) is 16.5 Å². The smallest absolute Gasteiger partial charge is 0.748 e. The van der Waals surface area contributed by atoms with E-state index in [1.807, 2.05) is 18.2 Å². The maximum atomic E-state index is 10.9. The first-order valence-electron chi connectivity index (χ1n) is 7.59. The van der Waals surface area contributed by atoms with Gasteiger partial charge in [-0.05, 0) is 36.6 Å². The fraction of sp³-hybridized carbons (Fsp3) is 0.294. The van der Waals surface area contributed by atoms with Gasteiger partial charge >= 0.3 is 29.6 Å². The molecule has 0 bridgehead atoms. The first-order valence-corrected chi connectivity index (χ1v) is 9.99. The average Bonchev–Trinajstić information content (AvgIpc) is 2.52. The predicted octanol–water partition coefficient (Wildman–Crippen LogP) is 0.791. The molecule has 4 nitrogen and oxygen atoms in total. The molecular formula is C17H18NNaO3S2. The van der Waals surface area contributed by atoms with Gasteiger partial charge in [0, 0.05) is 22.1 Å². The van der Waals surface area contributed by atoms with Crippen molar-refractivity contribution in [2.24, 2.45) is 0 Å². The Morgan fingerprint density at radius 3 is 2.50 bits per heavy atom. The zero-order valence-corrected chi connectivity index (χ0v) is 17.5. The van der Waals surface area contributed by atoms with E-state index in [-0.39, 0.29) is 35.3 Å². The summed E-state index contributed by atoms with van der Waals surface area (Å²) in [7, 11) is -4.18. The Hall–Kier alpha value is -0.500. The van der Waals surface area contributed by atoms with Crippen LogP contribution in [0.3, 0.4) is 0 Å². The zero-order valence-electron chi connectivity index (χ0n) is 13.9. The third-order valence-electron chi connectivity index (χ3n) is 3.89. The summed E-state index contributed by atoms with van der Waals surface area (Å²) in [6.07, 6.45) is 1.23. The van der Waals surface area contributed by atoms with Crippen molar-refractivity contribution in [3.8, 4) is 0 Å². The number of para-hydroxylation sites is 2. The van der Waals surface area contributed by atoms with Crippen molar-refractivity contribution in [1.29, 1.82) is 0 Å². The molecule has 0 aliphatic carbocycles. The molecule has 0 amide bonds. The van der Waals surface area contributed by atoms with E-state index in [4.69, 9.17) is 0 Å². The molecule has 3 rings (SSSR count). The third-order valence-corrected chi connectivity index (χ3v) is 5.79. The van der Waals surface area contributed by atoms with Crippen molar-refractivity contribution in [1.82, 2.24) is 0 Å². The van der Waals surface area contributed by atoms with Crippen molar-refractivity contribution < 1.29 is 42.5 Å². The second-order valence-corrected chi connectivity index (χ2v) is 8.06. The number of fused-ring (bicyclic) bond motifs is 2. The number of anilines is 2. The molecular weight excluding hydrogens is 353 g/mol. The van der Waals surface area contributed by atoms with Crippen LogP contribution in [-0.4, -0.2) is 25.3 Å². The van der Waals surface area contributed by atoms with Crippen LogP contribution >= 0.6 is 11.8 Å². The van der Waals surface area contributed by atoms with Gasteiger partial charge in [0.15, 0.2) is 0 Å². The maximum absolute atomic E-state index is 10.9. The molecule has 1 heterocycles. The van der Waals surface area contributed by atoms with Crippen LogP contribution in [0.5, 0.6) is 0 Å². The Labute approximate surface area is 169 Å². The van der Waals surface area contributed by atoms with Gasteiger partial charge in [-0.1, -0.05) is 43.0 Å². The van der Waals surface area contributed by atoms with Gasteiger partial charge in [0.25, 0.3) is 0 Å². The molecule has 1 aliphatic rings. The van der Waals surface area contributed by atoms with Crippen LogP contribution in [0.2, 0.25) is 0 Å². The Kier molecular flexibility index (Phi) is 6.82. The molecule has 0 N–H and O–H groups in total. The van der Waals surface area contributed by atoms with Crippen LogP contribution < -0.4 is 34.5 Å². The summed E-state index contributed by atoms with van der Waals surface area (Å²) in [5, 5.41) is 0. The Bertz CT molecular complexity index is 824. The summed E-state index contributed by atoms with van der Waals surface area (Å²) in [6.45, 7) is 2.63. The van der Waals surface area contributed by atoms with Crippen LogP contribution in [0.15, 0.2) is 52.3 Å². The minimum atomic E-state index is -4.18. The van der Waals surface area contributed by atoms with Crippen LogP contribution in [0.25, 0.3) is 0 Å². The van der Waals surface area contributed by atoms with E-state index in [0.717, 1.165) is 22.7 Å². The fourth-order valence-electron chi connectivity index (χ4n) is 2.88. The van der Waals surface area contributed by atoms with E-state index in [9.17, 15) is 13.0 Å². The number of rotatable bonds is 5. The maximum Gasteiger partial charge on any atom is 1.00 e. The third kappa shape index (κ3) is 4.36. The van der Waals surface area contributed by atoms with Crippen molar-refractivity contribution in [2.75, 3.05) is 17.2 Å². The van der Waals surface area contributed by atoms with E-state index < -0.39 is 10.1 Å². The largest absolute Gasteiger partial charge is 1.00 e. The molecule has 24 heavy (non-hydrogen) atoms. The van der Waals surface area contributed by atoms with Gasteiger partial charge in [0.1, 0.15) is 0 Å². The Morgan fingerprint density at radius 2 is 1.79 bits per heavy atom. The van der Waals surface area contributed by atoms with E-state index in [2.05, 4.69) is 36.1 Å². The Morgan fingerprint density at radius 1 is 1.08 bits per heavy atom. The molecule has 1 aliphatic heterocycles. The summed E-state index contributed by atoms with van der Waals surface area (Å²) in [5.74, 6) is -0.331. The number of hydrogen-bond donors (Lipinski definition) is 0.